The van der Waals surface area contributed by atoms with Crippen LogP contribution in [-0.2, 0) is 0 Å². The Bertz CT molecular complexity index is 633. The summed E-state index contributed by atoms with van der Waals surface area (Å²) >= 11 is 12.1. The molecule has 20 heavy (non-hydrogen) atoms. The molecular weight excluding hydrogens is 299 g/mol. The molecule has 0 aliphatic carbocycles. The number of ketones is 1. The maximum absolute atomic E-state index is 12.5. The number of hydrogen-bond donors (Lipinski definition) is 0. The number of benzene rings is 2. The second-order valence-corrected chi connectivity index (χ2v) is 4.81. The van der Waals surface area contributed by atoms with Gasteiger partial charge in [-0.15, -0.1) is 0 Å². The quantitative estimate of drug-likeness (QED) is 0.792. The lowest BCUT2D eigenvalue weighted by Gasteiger charge is -2.10. The van der Waals surface area contributed by atoms with Gasteiger partial charge in [0, 0.05) is 5.56 Å². The van der Waals surface area contributed by atoms with E-state index in [1.54, 1.807) is 36.4 Å². The second-order valence-electron chi connectivity index (χ2n) is 4.00. The summed E-state index contributed by atoms with van der Waals surface area (Å²) in [6.07, 6.45) is 0. The maximum atomic E-state index is 12.5. The van der Waals surface area contributed by atoms with Gasteiger partial charge in [-0.1, -0.05) is 29.3 Å². The Morgan fingerprint density at radius 3 is 2.10 bits per heavy atom. The molecule has 0 aromatic heterocycles. The zero-order valence-electron chi connectivity index (χ0n) is 10.9. The molecule has 0 N–H and O–H groups in total. The third-order valence-corrected chi connectivity index (χ3v) is 3.47. The van der Waals surface area contributed by atoms with Gasteiger partial charge in [-0.2, -0.15) is 0 Å². The Morgan fingerprint density at radius 1 is 0.950 bits per heavy atom. The molecule has 2 rings (SSSR count). The van der Waals surface area contributed by atoms with Crippen molar-refractivity contribution in [1.82, 2.24) is 0 Å². The first-order valence-electron chi connectivity index (χ1n) is 5.79. The van der Waals surface area contributed by atoms with Crippen LogP contribution in [-0.4, -0.2) is 20.0 Å². The fourth-order valence-electron chi connectivity index (χ4n) is 1.84. The van der Waals surface area contributed by atoms with Gasteiger partial charge in [0.05, 0.1) is 29.8 Å². The van der Waals surface area contributed by atoms with Crippen molar-refractivity contribution in [3.63, 3.8) is 0 Å². The van der Waals surface area contributed by atoms with Crippen LogP contribution in [0.25, 0.3) is 0 Å². The van der Waals surface area contributed by atoms with Gasteiger partial charge >= 0.3 is 0 Å². The average molecular weight is 311 g/mol. The van der Waals surface area contributed by atoms with Gasteiger partial charge in [-0.05, 0) is 30.3 Å². The van der Waals surface area contributed by atoms with Gasteiger partial charge in [-0.3, -0.25) is 4.79 Å². The van der Waals surface area contributed by atoms with Crippen molar-refractivity contribution in [3.05, 3.63) is 57.6 Å². The molecule has 0 bridgehead atoms. The summed E-state index contributed by atoms with van der Waals surface area (Å²) < 4.78 is 10.3. The summed E-state index contributed by atoms with van der Waals surface area (Å²) in [5, 5.41) is 0.634. The highest BCUT2D eigenvalue weighted by Crippen LogP contribution is 2.31. The molecule has 104 valence electrons. The molecule has 0 saturated heterocycles. The molecule has 0 fully saturated rings. The lowest BCUT2D eigenvalue weighted by molar-refractivity contribution is 0.103. The summed E-state index contributed by atoms with van der Waals surface area (Å²) in [5.74, 6) is 0.761. The fourth-order valence-corrected chi connectivity index (χ4v) is 2.41. The second kappa shape index (κ2) is 6.16. The van der Waals surface area contributed by atoms with Crippen LogP contribution < -0.4 is 9.47 Å². The molecule has 0 unspecified atom stereocenters. The lowest BCUT2D eigenvalue weighted by atomic mass is 10.0. The number of methoxy groups -OCH3 is 2. The molecule has 2 aromatic rings. The van der Waals surface area contributed by atoms with E-state index in [-0.39, 0.29) is 11.3 Å². The van der Waals surface area contributed by atoms with E-state index in [0.717, 1.165) is 0 Å². The Balaban J connectivity index is 2.49. The van der Waals surface area contributed by atoms with Crippen molar-refractivity contribution in [2.24, 2.45) is 0 Å². The zero-order valence-corrected chi connectivity index (χ0v) is 12.5. The maximum Gasteiger partial charge on any atom is 0.196 e. The number of hydrogen-bond acceptors (Lipinski definition) is 3. The molecule has 0 aliphatic heterocycles. The highest BCUT2D eigenvalue weighted by Gasteiger charge is 2.18. The summed E-state index contributed by atoms with van der Waals surface area (Å²) in [6.45, 7) is 0. The topological polar surface area (TPSA) is 35.5 Å². The standard InChI is InChI=1S/C15H12Cl2O3/c1-19-12-7-6-9(8-13(12)20-2)15(18)14-10(16)4-3-5-11(14)17/h3-8H,1-2H3. The summed E-state index contributed by atoms with van der Waals surface area (Å²) in [5.41, 5.74) is 0.709. The number of carbonyl (C=O) groups excluding carboxylic acids is 1. The van der Waals surface area contributed by atoms with E-state index in [1.807, 2.05) is 0 Å². The Labute approximate surface area is 127 Å². The Kier molecular flexibility index (Phi) is 4.53. The van der Waals surface area contributed by atoms with Gasteiger partial charge in [0.1, 0.15) is 0 Å². The van der Waals surface area contributed by atoms with E-state index in [1.165, 1.54) is 14.2 Å². The lowest BCUT2D eigenvalue weighted by Crippen LogP contribution is -2.04. The summed E-state index contributed by atoms with van der Waals surface area (Å²) in [6, 6.07) is 9.85. The molecule has 0 heterocycles. The van der Waals surface area contributed by atoms with Gasteiger partial charge in [-0.25, -0.2) is 0 Å². The third kappa shape index (κ3) is 2.74. The third-order valence-electron chi connectivity index (χ3n) is 2.84. The minimum absolute atomic E-state index is 0.262. The summed E-state index contributed by atoms with van der Waals surface area (Å²) in [7, 11) is 3.04. The predicted molar refractivity (Wildman–Crippen MR) is 79.4 cm³/mol. The molecule has 3 nitrogen and oxygen atoms in total. The first-order chi connectivity index (χ1) is 9.58. The number of ether oxygens (including phenoxy) is 2. The average Bonchev–Trinajstić information content (AvgIpc) is 2.46. The predicted octanol–water partition coefficient (Wildman–Crippen LogP) is 4.24. The molecular formula is C15H12Cl2O3. The monoisotopic (exact) mass is 310 g/mol. The minimum Gasteiger partial charge on any atom is -0.493 e. The van der Waals surface area contributed by atoms with Crippen molar-refractivity contribution < 1.29 is 14.3 Å². The van der Waals surface area contributed by atoms with Crippen LogP contribution >= 0.6 is 23.2 Å². The van der Waals surface area contributed by atoms with E-state index < -0.39 is 0 Å². The van der Waals surface area contributed by atoms with Crippen LogP contribution in [0.2, 0.25) is 10.0 Å². The highest BCUT2D eigenvalue weighted by atomic mass is 35.5. The largest absolute Gasteiger partial charge is 0.493 e. The number of rotatable bonds is 4. The first-order valence-corrected chi connectivity index (χ1v) is 6.54. The molecule has 0 radical (unpaired) electrons. The Hall–Kier alpha value is -1.71. The van der Waals surface area contributed by atoms with Crippen molar-refractivity contribution >= 4 is 29.0 Å². The van der Waals surface area contributed by atoms with Crippen LogP contribution in [0.4, 0.5) is 0 Å². The molecule has 0 atom stereocenters. The number of carbonyl (C=O) groups is 1. The molecule has 5 heteroatoms. The van der Waals surface area contributed by atoms with Crippen molar-refractivity contribution in [2.45, 2.75) is 0 Å². The number of halogens is 2. The first kappa shape index (κ1) is 14.7. The van der Waals surface area contributed by atoms with E-state index in [2.05, 4.69) is 0 Å². The molecule has 2 aromatic carbocycles. The van der Waals surface area contributed by atoms with Crippen molar-refractivity contribution in [1.29, 1.82) is 0 Å². The van der Waals surface area contributed by atoms with E-state index in [0.29, 0.717) is 27.1 Å². The van der Waals surface area contributed by atoms with E-state index in [4.69, 9.17) is 32.7 Å². The molecule has 0 spiro atoms. The van der Waals surface area contributed by atoms with Crippen LogP contribution in [0.3, 0.4) is 0 Å². The van der Waals surface area contributed by atoms with Gasteiger partial charge in [0.15, 0.2) is 17.3 Å². The van der Waals surface area contributed by atoms with Gasteiger partial charge in [0.25, 0.3) is 0 Å². The molecule has 0 amide bonds. The molecule has 0 aliphatic rings. The molecule has 0 saturated carbocycles. The fraction of sp³-hybridized carbons (Fsp3) is 0.133. The minimum atomic E-state index is -0.262. The van der Waals surface area contributed by atoms with Crippen LogP contribution in [0.15, 0.2) is 36.4 Å². The van der Waals surface area contributed by atoms with Crippen LogP contribution in [0, 0.1) is 0 Å². The van der Waals surface area contributed by atoms with E-state index in [9.17, 15) is 4.79 Å². The van der Waals surface area contributed by atoms with Crippen molar-refractivity contribution in [2.75, 3.05) is 14.2 Å². The normalized spacial score (nSPS) is 10.2. The Morgan fingerprint density at radius 2 is 1.55 bits per heavy atom. The van der Waals surface area contributed by atoms with Crippen molar-refractivity contribution in [3.8, 4) is 11.5 Å². The zero-order chi connectivity index (χ0) is 14.7. The SMILES string of the molecule is COc1ccc(C(=O)c2c(Cl)cccc2Cl)cc1OC. The van der Waals surface area contributed by atoms with Gasteiger partial charge in [0.2, 0.25) is 0 Å². The summed E-state index contributed by atoms with van der Waals surface area (Å²) in [4.78, 5) is 12.5. The van der Waals surface area contributed by atoms with Crippen LogP contribution in [0.5, 0.6) is 11.5 Å². The highest BCUT2D eigenvalue weighted by molar-refractivity contribution is 6.41. The van der Waals surface area contributed by atoms with E-state index >= 15 is 0 Å². The smallest absolute Gasteiger partial charge is 0.196 e. The van der Waals surface area contributed by atoms with Gasteiger partial charge < -0.3 is 9.47 Å². The van der Waals surface area contributed by atoms with Crippen LogP contribution in [0.1, 0.15) is 15.9 Å².